The van der Waals surface area contributed by atoms with Gasteiger partial charge in [0.15, 0.2) is 0 Å². The molecular weight excluding hydrogens is 280 g/mol. The molecule has 1 aliphatic heterocycles. The summed E-state index contributed by atoms with van der Waals surface area (Å²) in [7, 11) is 0. The van der Waals surface area contributed by atoms with E-state index in [9.17, 15) is 4.79 Å². The summed E-state index contributed by atoms with van der Waals surface area (Å²) in [6.07, 6.45) is 1.59. The van der Waals surface area contributed by atoms with Crippen LogP contribution in [-0.4, -0.2) is 30.7 Å². The molecule has 0 atom stereocenters. The number of nitrogens with two attached hydrogens (primary N) is 1. The van der Waals surface area contributed by atoms with Crippen LogP contribution in [0.2, 0.25) is 0 Å². The molecule has 0 aliphatic carbocycles. The maximum Gasteiger partial charge on any atom is 0.410 e. The van der Waals surface area contributed by atoms with Crippen LogP contribution in [0, 0.1) is 5.92 Å². The van der Waals surface area contributed by atoms with Crippen molar-refractivity contribution in [2.45, 2.75) is 19.4 Å². The summed E-state index contributed by atoms with van der Waals surface area (Å²) in [4.78, 5) is 18.3. The van der Waals surface area contributed by atoms with Crippen LogP contribution in [0.4, 0.5) is 4.79 Å². The second kappa shape index (κ2) is 8.79. The predicted octanol–water partition coefficient (Wildman–Crippen LogP) is 2.35. The molecule has 2 N–H and O–H groups in total. The molecule has 0 saturated carbocycles. The van der Waals surface area contributed by atoms with E-state index in [1.807, 2.05) is 30.3 Å². The maximum absolute atomic E-state index is 11.9. The van der Waals surface area contributed by atoms with Crippen molar-refractivity contribution in [3.05, 3.63) is 35.9 Å². The maximum atomic E-state index is 11.9. The molecule has 0 bridgehead atoms. The van der Waals surface area contributed by atoms with Crippen molar-refractivity contribution < 1.29 is 14.4 Å². The Morgan fingerprint density at radius 2 is 1.90 bits per heavy atom. The van der Waals surface area contributed by atoms with Gasteiger partial charge >= 0.3 is 6.09 Å². The summed E-state index contributed by atoms with van der Waals surface area (Å²) in [6, 6.07) is 9.69. The second-order valence-corrected chi connectivity index (χ2v) is 4.80. The fourth-order valence-electron chi connectivity index (χ4n) is 2.23. The van der Waals surface area contributed by atoms with Gasteiger partial charge in [-0.05, 0) is 24.3 Å². The van der Waals surface area contributed by atoms with E-state index in [0.717, 1.165) is 18.4 Å². The minimum absolute atomic E-state index is 0. The summed E-state index contributed by atoms with van der Waals surface area (Å²) in [6.45, 7) is 2.31. The zero-order valence-corrected chi connectivity index (χ0v) is 12.2. The van der Waals surface area contributed by atoms with Gasteiger partial charge in [0.25, 0.3) is 0 Å². The highest BCUT2D eigenvalue weighted by Crippen LogP contribution is 2.18. The molecule has 0 aromatic heterocycles. The minimum Gasteiger partial charge on any atom is -0.445 e. The first-order chi connectivity index (χ1) is 9.29. The van der Waals surface area contributed by atoms with Crippen molar-refractivity contribution in [2.24, 2.45) is 11.8 Å². The number of rotatable bonds is 4. The van der Waals surface area contributed by atoms with Crippen LogP contribution in [-0.2, 0) is 16.2 Å². The molecular formula is C14H21ClN2O3. The lowest BCUT2D eigenvalue weighted by atomic mass is 9.98. The molecule has 112 valence electrons. The van der Waals surface area contributed by atoms with Crippen molar-refractivity contribution in [2.75, 3.05) is 19.7 Å². The molecule has 2 rings (SSSR count). The quantitative estimate of drug-likeness (QED) is 0.867. The molecule has 0 spiro atoms. The molecule has 0 radical (unpaired) electrons. The smallest absolute Gasteiger partial charge is 0.410 e. The van der Waals surface area contributed by atoms with Crippen LogP contribution in [0.5, 0.6) is 0 Å². The lowest BCUT2D eigenvalue weighted by Gasteiger charge is -2.30. The molecule has 1 aromatic rings. The summed E-state index contributed by atoms with van der Waals surface area (Å²) in [5, 5.41) is 0. The summed E-state index contributed by atoms with van der Waals surface area (Å²) >= 11 is 0. The topological polar surface area (TPSA) is 64.8 Å². The number of carbonyl (C=O) groups is 1. The molecule has 1 heterocycles. The third kappa shape index (κ3) is 5.00. The standard InChI is InChI=1S/C14H20N2O3.ClH/c15-19-11-13-6-8-16(9-7-13)14(17)18-10-12-4-2-1-3-5-12;/h1-5,13H,6-11,15H2;1H. The predicted molar refractivity (Wildman–Crippen MR) is 78.3 cm³/mol. The zero-order valence-electron chi connectivity index (χ0n) is 11.4. The Bertz CT molecular complexity index is 395. The Labute approximate surface area is 125 Å². The van der Waals surface area contributed by atoms with Gasteiger partial charge in [-0.1, -0.05) is 30.3 Å². The van der Waals surface area contributed by atoms with Gasteiger partial charge in [-0.25, -0.2) is 10.7 Å². The molecule has 5 nitrogen and oxygen atoms in total. The van der Waals surface area contributed by atoms with Crippen LogP contribution in [0.15, 0.2) is 30.3 Å². The van der Waals surface area contributed by atoms with E-state index < -0.39 is 0 Å². The van der Waals surface area contributed by atoms with Crippen molar-refractivity contribution in [3.63, 3.8) is 0 Å². The van der Waals surface area contributed by atoms with Gasteiger partial charge in [0, 0.05) is 13.1 Å². The number of likely N-dealkylation sites (tertiary alicyclic amines) is 1. The van der Waals surface area contributed by atoms with Crippen LogP contribution >= 0.6 is 12.4 Å². The van der Waals surface area contributed by atoms with E-state index in [1.54, 1.807) is 4.90 Å². The fraction of sp³-hybridized carbons (Fsp3) is 0.500. The number of nitrogens with zero attached hydrogens (tertiary/aromatic N) is 1. The highest BCUT2D eigenvalue weighted by atomic mass is 35.5. The summed E-state index contributed by atoms with van der Waals surface area (Å²) < 4.78 is 5.29. The number of piperidine rings is 1. The third-order valence-corrected chi connectivity index (χ3v) is 3.41. The van der Waals surface area contributed by atoms with Crippen molar-refractivity contribution in [1.29, 1.82) is 0 Å². The average molecular weight is 301 g/mol. The molecule has 6 heteroatoms. The monoisotopic (exact) mass is 300 g/mol. The molecule has 20 heavy (non-hydrogen) atoms. The van der Waals surface area contributed by atoms with E-state index in [-0.39, 0.29) is 18.5 Å². The summed E-state index contributed by atoms with van der Waals surface area (Å²) in [5.41, 5.74) is 1.00. The van der Waals surface area contributed by atoms with Gasteiger partial charge in [-0.15, -0.1) is 12.4 Å². The van der Waals surface area contributed by atoms with E-state index in [1.165, 1.54) is 0 Å². The molecule has 1 saturated heterocycles. The summed E-state index contributed by atoms with van der Waals surface area (Å²) in [5.74, 6) is 5.51. The van der Waals surface area contributed by atoms with Gasteiger partial charge in [0.2, 0.25) is 0 Å². The minimum atomic E-state index is -0.240. The molecule has 1 amide bonds. The fourth-order valence-corrected chi connectivity index (χ4v) is 2.23. The zero-order chi connectivity index (χ0) is 13.5. The normalized spacial score (nSPS) is 15.6. The van der Waals surface area contributed by atoms with Gasteiger partial charge in [0.05, 0.1) is 6.61 Å². The first-order valence-corrected chi connectivity index (χ1v) is 6.57. The molecule has 1 aromatic carbocycles. The van der Waals surface area contributed by atoms with Crippen LogP contribution in [0.3, 0.4) is 0 Å². The number of carbonyl (C=O) groups excluding carboxylic acids is 1. The van der Waals surface area contributed by atoms with Crippen LogP contribution in [0.1, 0.15) is 18.4 Å². The van der Waals surface area contributed by atoms with Crippen LogP contribution in [0.25, 0.3) is 0 Å². The lowest BCUT2D eigenvalue weighted by molar-refractivity contribution is 0.0530. The Balaban J connectivity index is 0.00000200. The van der Waals surface area contributed by atoms with Crippen LogP contribution < -0.4 is 5.90 Å². The van der Waals surface area contributed by atoms with Gasteiger partial charge in [-0.2, -0.15) is 0 Å². The molecule has 0 unspecified atom stereocenters. The largest absolute Gasteiger partial charge is 0.445 e. The number of benzene rings is 1. The highest BCUT2D eigenvalue weighted by Gasteiger charge is 2.23. The Hall–Kier alpha value is -1.30. The number of halogens is 1. The van der Waals surface area contributed by atoms with Gasteiger partial charge in [0.1, 0.15) is 6.61 Å². The first kappa shape index (κ1) is 16.8. The van der Waals surface area contributed by atoms with E-state index in [2.05, 4.69) is 4.84 Å². The Morgan fingerprint density at radius 1 is 1.25 bits per heavy atom. The van der Waals surface area contributed by atoms with Gasteiger partial charge in [-0.3, -0.25) is 0 Å². The van der Waals surface area contributed by atoms with Crippen molar-refractivity contribution >= 4 is 18.5 Å². The molecule has 1 fully saturated rings. The van der Waals surface area contributed by atoms with E-state index in [0.29, 0.717) is 32.2 Å². The number of hydrogen-bond donors (Lipinski definition) is 1. The first-order valence-electron chi connectivity index (χ1n) is 6.57. The number of amides is 1. The van der Waals surface area contributed by atoms with Gasteiger partial charge < -0.3 is 14.5 Å². The lowest BCUT2D eigenvalue weighted by Crippen LogP contribution is -2.39. The average Bonchev–Trinajstić information content (AvgIpc) is 2.47. The third-order valence-electron chi connectivity index (χ3n) is 3.41. The second-order valence-electron chi connectivity index (χ2n) is 4.80. The van der Waals surface area contributed by atoms with Crippen molar-refractivity contribution in [3.8, 4) is 0 Å². The number of hydrogen-bond acceptors (Lipinski definition) is 4. The Morgan fingerprint density at radius 3 is 2.50 bits per heavy atom. The van der Waals surface area contributed by atoms with Crippen molar-refractivity contribution in [1.82, 2.24) is 4.90 Å². The highest BCUT2D eigenvalue weighted by molar-refractivity contribution is 5.85. The number of ether oxygens (including phenoxy) is 1. The van der Waals surface area contributed by atoms with E-state index in [4.69, 9.17) is 10.6 Å². The van der Waals surface area contributed by atoms with E-state index >= 15 is 0 Å². The molecule has 1 aliphatic rings. The SMILES string of the molecule is Cl.NOCC1CCN(C(=O)OCc2ccccc2)CC1. The Kier molecular flexibility index (Phi) is 7.36.